The van der Waals surface area contributed by atoms with Crippen LogP contribution >= 0.6 is 0 Å². The molecule has 0 saturated carbocycles. The van der Waals surface area contributed by atoms with Crippen molar-refractivity contribution in [1.82, 2.24) is 9.97 Å². The molecule has 12 heavy (non-hydrogen) atoms. The largest absolute Gasteiger partial charge is 0.494 e. The summed E-state index contributed by atoms with van der Waals surface area (Å²) in [5, 5.41) is 18.6. The maximum Gasteiger partial charge on any atom is 0.207 e. The Morgan fingerprint density at radius 1 is 1.58 bits per heavy atom. The molecule has 0 fully saturated rings. The van der Waals surface area contributed by atoms with Crippen molar-refractivity contribution in [2.24, 2.45) is 0 Å². The van der Waals surface area contributed by atoms with Gasteiger partial charge in [-0.05, 0) is 6.07 Å². The van der Waals surface area contributed by atoms with E-state index in [1.807, 2.05) is 6.07 Å². The molecule has 2 N–H and O–H groups in total. The molecule has 2 heterocycles. The number of nitriles is 1. The monoisotopic (exact) mass is 159 g/mol. The molecule has 0 unspecified atom stereocenters. The molecule has 0 radical (unpaired) electrons. The van der Waals surface area contributed by atoms with Crippen molar-refractivity contribution in [1.29, 1.82) is 5.26 Å². The topological polar surface area (TPSA) is 72.7 Å². The third-order valence-corrected chi connectivity index (χ3v) is 1.69. The number of nitrogens with one attached hydrogen (secondary N) is 1. The summed E-state index contributed by atoms with van der Waals surface area (Å²) in [5.74, 6) is -0.0968. The molecule has 2 aromatic rings. The Kier molecular flexibility index (Phi) is 1.25. The van der Waals surface area contributed by atoms with Crippen molar-refractivity contribution in [2.75, 3.05) is 0 Å². The summed E-state index contributed by atoms with van der Waals surface area (Å²) in [6.07, 6.45) is 3.15. The number of fused-ring (bicyclic) bond motifs is 1. The lowest BCUT2D eigenvalue weighted by Crippen LogP contribution is -1.71. The third-order valence-electron chi connectivity index (χ3n) is 1.69. The lowest BCUT2D eigenvalue weighted by molar-refractivity contribution is 0.457. The molecule has 0 atom stereocenters. The summed E-state index contributed by atoms with van der Waals surface area (Å²) < 4.78 is 0. The van der Waals surface area contributed by atoms with Gasteiger partial charge in [0, 0.05) is 11.6 Å². The molecule has 0 aliphatic heterocycles. The van der Waals surface area contributed by atoms with Crippen LogP contribution in [0, 0.1) is 11.3 Å². The molecule has 0 bridgehead atoms. The second-order valence-corrected chi connectivity index (χ2v) is 2.38. The van der Waals surface area contributed by atoms with Gasteiger partial charge in [-0.3, -0.25) is 4.98 Å². The maximum absolute atomic E-state index is 9.23. The predicted octanol–water partition coefficient (Wildman–Crippen LogP) is 1.14. The smallest absolute Gasteiger partial charge is 0.207 e. The molecule has 0 spiro atoms. The SMILES string of the molecule is N#Cc1c(O)[nH]c2cnccc12. The highest BCUT2D eigenvalue weighted by molar-refractivity contribution is 5.87. The number of pyridine rings is 1. The minimum Gasteiger partial charge on any atom is -0.494 e. The van der Waals surface area contributed by atoms with Crippen molar-refractivity contribution < 1.29 is 5.11 Å². The van der Waals surface area contributed by atoms with E-state index < -0.39 is 0 Å². The first-order valence-corrected chi connectivity index (χ1v) is 3.37. The third kappa shape index (κ3) is 0.736. The minimum absolute atomic E-state index is 0.0968. The number of rotatable bonds is 0. The van der Waals surface area contributed by atoms with Crippen LogP contribution in [0.4, 0.5) is 0 Å². The number of nitrogens with zero attached hydrogens (tertiary/aromatic N) is 2. The minimum atomic E-state index is -0.0968. The van der Waals surface area contributed by atoms with Gasteiger partial charge in [-0.2, -0.15) is 5.26 Å². The van der Waals surface area contributed by atoms with Crippen LogP contribution in [-0.4, -0.2) is 15.1 Å². The second-order valence-electron chi connectivity index (χ2n) is 2.38. The van der Waals surface area contributed by atoms with E-state index in [4.69, 9.17) is 5.26 Å². The Hall–Kier alpha value is -2.02. The van der Waals surface area contributed by atoms with Gasteiger partial charge in [-0.1, -0.05) is 0 Å². The predicted molar refractivity (Wildman–Crippen MR) is 42.5 cm³/mol. The van der Waals surface area contributed by atoms with E-state index in [0.29, 0.717) is 10.9 Å². The Labute approximate surface area is 68.1 Å². The van der Waals surface area contributed by atoms with E-state index in [1.165, 1.54) is 0 Å². The zero-order chi connectivity index (χ0) is 8.55. The van der Waals surface area contributed by atoms with Crippen molar-refractivity contribution >= 4 is 10.9 Å². The van der Waals surface area contributed by atoms with Crippen LogP contribution in [0.25, 0.3) is 10.9 Å². The molecule has 4 nitrogen and oxygen atoms in total. The first-order chi connectivity index (χ1) is 5.83. The quantitative estimate of drug-likeness (QED) is 0.605. The lowest BCUT2D eigenvalue weighted by Gasteiger charge is -1.84. The number of aromatic amines is 1. The molecule has 4 heteroatoms. The zero-order valence-corrected chi connectivity index (χ0v) is 6.07. The van der Waals surface area contributed by atoms with Crippen molar-refractivity contribution in [3.8, 4) is 11.9 Å². The fourth-order valence-corrected chi connectivity index (χ4v) is 1.14. The Morgan fingerprint density at radius 3 is 3.17 bits per heavy atom. The number of hydrogen-bond acceptors (Lipinski definition) is 3. The van der Waals surface area contributed by atoms with E-state index in [9.17, 15) is 5.11 Å². The van der Waals surface area contributed by atoms with Crippen LogP contribution in [0.2, 0.25) is 0 Å². The van der Waals surface area contributed by atoms with E-state index in [-0.39, 0.29) is 11.4 Å². The van der Waals surface area contributed by atoms with Gasteiger partial charge in [0.25, 0.3) is 0 Å². The Balaban J connectivity index is 2.93. The molecule has 58 valence electrons. The summed E-state index contributed by atoms with van der Waals surface area (Å²) in [5.41, 5.74) is 0.943. The molecule has 2 aromatic heterocycles. The first kappa shape index (κ1) is 6.68. The van der Waals surface area contributed by atoms with Crippen LogP contribution in [-0.2, 0) is 0 Å². The van der Waals surface area contributed by atoms with Crippen molar-refractivity contribution in [3.63, 3.8) is 0 Å². The van der Waals surface area contributed by atoms with Crippen LogP contribution in [0.15, 0.2) is 18.5 Å². The first-order valence-electron chi connectivity index (χ1n) is 3.37. The summed E-state index contributed by atoms with van der Waals surface area (Å²) in [7, 11) is 0. The number of H-pyrrole nitrogens is 1. The number of hydrogen-bond donors (Lipinski definition) is 2. The fraction of sp³-hybridized carbons (Fsp3) is 0. The van der Waals surface area contributed by atoms with Gasteiger partial charge in [0.2, 0.25) is 5.88 Å². The van der Waals surface area contributed by atoms with Gasteiger partial charge >= 0.3 is 0 Å². The Bertz CT molecular complexity index is 467. The average molecular weight is 159 g/mol. The fourth-order valence-electron chi connectivity index (χ4n) is 1.14. The molecular weight excluding hydrogens is 154 g/mol. The van der Waals surface area contributed by atoms with Crippen LogP contribution in [0.5, 0.6) is 5.88 Å². The van der Waals surface area contributed by atoms with Gasteiger partial charge in [-0.15, -0.1) is 0 Å². The number of aromatic nitrogens is 2. The number of aromatic hydroxyl groups is 1. The van der Waals surface area contributed by atoms with E-state index >= 15 is 0 Å². The lowest BCUT2D eigenvalue weighted by atomic mass is 10.2. The second kappa shape index (κ2) is 2.24. The van der Waals surface area contributed by atoms with Crippen molar-refractivity contribution in [2.45, 2.75) is 0 Å². The zero-order valence-electron chi connectivity index (χ0n) is 6.07. The molecule has 0 aliphatic rings. The van der Waals surface area contributed by atoms with Crippen LogP contribution in [0.3, 0.4) is 0 Å². The van der Waals surface area contributed by atoms with E-state index in [2.05, 4.69) is 9.97 Å². The summed E-state index contributed by atoms with van der Waals surface area (Å²) >= 11 is 0. The van der Waals surface area contributed by atoms with Gasteiger partial charge in [0.1, 0.15) is 11.6 Å². The molecule has 2 rings (SSSR count). The van der Waals surface area contributed by atoms with Gasteiger partial charge in [0.15, 0.2) is 0 Å². The molecule has 0 saturated heterocycles. The highest BCUT2D eigenvalue weighted by Gasteiger charge is 2.08. The van der Waals surface area contributed by atoms with Crippen molar-refractivity contribution in [3.05, 3.63) is 24.0 Å². The molecule has 0 aromatic carbocycles. The highest BCUT2D eigenvalue weighted by atomic mass is 16.3. The summed E-state index contributed by atoms with van der Waals surface area (Å²) in [4.78, 5) is 6.50. The summed E-state index contributed by atoms with van der Waals surface area (Å²) in [6, 6.07) is 3.59. The normalized spacial score (nSPS) is 9.92. The molecular formula is C8H5N3O. The van der Waals surface area contributed by atoms with E-state index in [0.717, 1.165) is 0 Å². The van der Waals surface area contributed by atoms with E-state index in [1.54, 1.807) is 18.5 Å². The maximum atomic E-state index is 9.23. The van der Waals surface area contributed by atoms with Crippen LogP contribution < -0.4 is 0 Å². The van der Waals surface area contributed by atoms with Gasteiger partial charge in [-0.25, -0.2) is 0 Å². The van der Waals surface area contributed by atoms with Crippen LogP contribution in [0.1, 0.15) is 5.56 Å². The standard InChI is InChI=1S/C8H5N3O/c9-3-6-5-1-2-10-4-7(5)11-8(6)12/h1-2,4,11-12H. The summed E-state index contributed by atoms with van der Waals surface area (Å²) in [6.45, 7) is 0. The van der Waals surface area contributed by atoms with Gasteiger partial charge < -0.3 is 10.1 Å². The Morgan fingerprint density at radius 2 is 2.42 bits per heavy atom. The average Bonchev–Trinajstić information content (AvgIpc) is 2.40. The highest BCUT2D eigenvalue weighted by Crippen LogP contribution is 2.24. The molecule has 0 amide bonds. The molecule has 0 aliphatic carbocycles. The van der Waals surface area contributed by atoms with Gasteiger partial charge in [0.05, 0.1) is 11.7 Å².